The van der Waals surface area contributed by atoms with Gasteiger partial charge in [0.25, 0.3) is 0 Å². The van der Waals surface area contributed by atoms with E-state index in [-0.39, 0.29) is 18.0 Å². The molecule has 0 saturated heterocycles. The zero-order valence-corrected chi connectivity index (χ0v) is 19.4. The first kappa shape index (κ1) is 22.2. The van der Waals surface area contributed by atoms with E-state index in [4.69, 9.17) is 0 Å². The van der Waals surface area contributed by atoms with Gasteiger partial charge in [0.05, 0.1) is 5.75 Å². The SMILES string of the molecule is CC(C)c1ccc(CSc2nnc(SCC(=O)N(C(C)C)C(C)C)s2)cc1. The summed E-state index contributed by atoms with van der Waals surface area (Å²) in [5.41, 5.74) is 2.65. The molecule has 0 N–H and O–H groups in total. The third kappa shape index (κ3) is 6.80. The summed E-state index contributed by atoms with van der Waals surface area (Å²) in [5.74, 6) is 2.00. The topological polar surface area (TPSA) is 46.1 Å². The zero-order chi connectivity index (χ0) is 20.0. The lowest BCUT2D eigenvalue weighted by molar-refractivity contribution is -0.131. The van der Waals surface area contributed by atoms with Crippen LogP contribution in [0.15, 0.2) is 32.9 Å². The van der Waals surface area contributed by atoms with Crippen LogP contribution in [0.1, 0.15) is 58.6 Å². The molecule has 0 aliphatic rings. The van der Waals surface area contributed by atoms with Gasteiger partial charge in [-0.2, -0.15) is 0 Å². The summed E-state index contributed by atoms with van der Waals surface area (Å²) in [6.45, 7) is 12.6. The van der Waals surface area contributed by atoms with Crippen LogP contribution in [0, 0.1) is 0 Å². The van der Waals surface area contributed by atoms with Crippen molar-refractivity contribution in [3.8, 4) is 0 Å². The highest BCUT2D eigenvalue weighted by atomic mass is 32.2. The van der Waals surface area contributed by atoms with E-state index in [9.17, 15) is 4.79 Å². The lowest BCUT2D eigenvalue weighted by atomic mass is 10.0. The standard InChI is InChI=1S/C20H29N3OS3/c1-13(2)17-9-7-16(8-10-17)11-25-19-21-22-20(27-19)26-12-18(24)23(14(3)4)15(5)6/h7-10,13-15H,11-12H2,1-6H3. The Morgan fingerprint density at radius 3 is 2.04 bits per heavy atom. The summed E-state index contributed by atoms with van der Waals surface area (Å²) in [4.78, 5) is 14.4. The van der Waals surface area contributed by atoms with Crippen molar-refractivity contribution in [1.82, 2.24) is 15.1 Å². The number of nitrogens with zero attached hydrogens (tertiary/aromatic N) is 3. The molecule has 0 saturated carbocycles. The fourth-order valence-electron chi connectivity index (χ4n) is 2.83. The van der Waals surface area contributed by atoms with Crippen LogP contribution in [0.3, 0.4) is 0 Å². The molecule has 0 unspecified atom stereocenters. The van der Waals surface area contributed by atoms with Gasteiger partial charge in [-0.3, -0.25) is 4.79 Å². The van der Waals surface area contributed by atoms with Crippen LogP contribution in [0.4, 0.5) is 0 Å². The summed E-state index contributed by atoms with van der Waals surface area (Å²) >= 11 is 4.74. The van der Waals surface area contributed by atoms with E-state index < -0.39 is 0 Å². The highest BCUT2D eigenvalue weighted by molar-refractivity contribution is 8.03. The third-order valence-electron chi connectivity index (χ3n) is 4.12. The number of aromatic nitrogens is 2. The van der Waals surface area contributed by atoms with E-state index in [1.807, 2.05) is 4.90 Å². The maximum absolute atomic E-state index is 12.4. The van der Waals surface area contributed by atoms with Gasteiger partial charge in [0.15, 0.2) is 8.68 Å². The molecule has 1 aromatic carbocycles. The summed E-state index contributed by atoms with van der Waals surface area (Å²) in [5, 5.41) is 8.48. The van der Waals surface area contributed by atoms with Gasteiger partial charge < -0.3 is 4.90 Å². The van der Waals surface area contributed by atoms with Gasteiger partial charge in [-0.25, -0.2) is 0 Å². The number of hydrogen-bond acceptors (Lipinski definition) is 6. The molecule has 1 aromatic heterocycles. The van der Waals surface area contributed by atoms with E-state index in [2.05, 4.69) is 76.0 Å². The van der Waals surface area contributed by atoms with Crippen molar-refractivity contribution in [2.45, 2.75) is 74.0 Å². The highest BCUT2D eigenvalue weighted by Gasteiger charge is 2.20. The molecule has 0 atom stereocenters. The second kappa shape index (κ2) is 10.5. The minimum atomic E-state index is 0.152. The van der Waals surface area contributed by atoms with Crippen LogP contribution in [-0.4, -0.2) is 38.8 Å². The minimum Gasteiger partial charge on any atom is -0.337 e. The smallest absolute Gasteiger partial charge is 0.233 e. The Bertz CT molecular complexity index is 718. The molecule has 7 heteroatoms. The van der Waals surface area contributed by atoms with Crippen LogP contribution < -0.4 is 0 Å². The number of thioether (sulfide) groups is 2. The van der Waals surface area contributed by atoms with E-state index in [1.54, 1.807) is 23.1 Å². The Labute approximate surface area is 175 Å². The quantitative estimate of drug-likeness (QED) is 0.485. The molecular formula is C20H29N3OS3. The average Bonchev–Trinajstić information content (AvgIpc) is 3.06. The minimum absolute atomic E-state index is 0.152. The number of carbonyl (C=O) groups is 1. The van der Waals surface area contributed by atoms with Gasteiger partial charge >= 0.3 is 0 Å². The van der Waals surface area contributed by atoms with Crippen molar-refractivity contribution in [2.75, 3.05) is 5.75 Å². The molecule has 0 bridgehead atoms. The van der Waals surface area contributed by atoms with Gasteiger partial charge in [0, 0.05) is 17.8 Å². The van der Waals surface area contributed by atoms with E-state index in [1.165, 1.54) is 22.9 Å². The molecule has 1 amide bonds. The first-order chi connectivity index (χ1) is 12.8. The first-order valence-electron chi connectivity index (χ1n) is 9.27. The molecule has 0 aliphatic heterocycles. The number of rotatable bonds is 9. The fraction of sp³-hybridized carbons (Fsp3) is 0.550. The molecule has 0 fully saturated rings. The molecule has 0 radical (unpaired) electrons. The summed E-state index contributed by atoms with van der Waals surface area (Å²) < 4.78 is 1.80. The first-order valence-corrected chi connectivity index (χ1v) is 12.1. The number of carbonyl (C=O) groups excluding carboxylic acids is 1. The highest BCUT2D eigenvalue weighted by Crippen LogP contribution is 2.31. The summed E-state index contributed by atoms with van der Waals surface area (Å²) in [7, 11) is 0. The molecule has 1 heterocycles. The molecule has 148 valence electrons. The van der Waals surface area contributed by atoms with Gasteiger partial charge in [-0.05, 0) is 44.7 Å². The predicted octanol–water partition coefficient (Wildman–Crippen LogP) is 5.69. The van der Waals surface area contributed by atoms with Crippen LogP contribution in [0.2, 0.25) is 0 Å². The second-order valence-electron chi connectivity index (χ2n) is 7.30. The maximum Gasteiger partial charge on any atom is 0.233 e. The van der Waals surface area contributed by atoms with Gasteiger partial charge in [0.2, 0.25) is 5.91 Å². The Morgan fingerprint density at radius 2 is 1.52 bits per heavy atom. The van der Waals surface area contributed by atoms with Gasteiger partial charge in [-0.1, -0.05) is 73.0 Å². The molecule has 4 nitrogen and oxygen atoms in total. The van der Waals surface area contributed by atoms with Crippen molar-refractivity contribution in [1.29, 1.82) is 0 Å². The van der Waals surface area contributed by atoms with Crippen LogP contribution >= 0.6 is 34.9 Å². The lowest BCUT2D eigenvalue weighted by Crippen LogP contribution is -2.43. The average molecular weight is 424 g/mol. The van der Waals surface area contributed by atoms with Gasteiger partial charge in [0.1, 0.15) is 0 Å². The van der Waals surface area contributed by atoms with Crippen molar-refractivity contribution in [3.05, 3.63) is 35.4 Å². The Kier molecular flexibility index (Phi) is 8.63. The molecule has 27 heavy (non-hydrogen) atoms. The van der Waals surface area contributed by atoms with E-state index >= 15 is 0 Å². The summed E-state index contributed by atoms with van der Waals surface area (Å²) in [6.07, 6.45) is 0. The van der Waals surface area contributed by atoms with E-state index in [0.717, 1.165) is 14.4 Å². The predicted molar refractivity (Wildman–Crippen MR) is 118 cm³/mol. The van der Waals surface area contributed by atoms with E-state index in [0.29, 0.717) is 11.7 Å². The molecule has 0 spiro atoms. The Balaban J connectivity index is 1.84. The molecule has 0 aliphatic carbocycles. The maximum atomic E-state index is 12.4. The lowest BCUT2D eigenvalue weighted by Gasteiger charge is -2.30. The Morgan fingerprint density at radius 1 is 0.963 bits per heavy atom. The second-order valence-corrected chi connectivity index (χ2v) is 10.7. The van der Waals surface area contributed by atoms with Crippen molar-refractivity contribution in [2.24, 2.45) is 0 Å². The van der Waals surface area contributed by atoms with Crippen molar-refractivity contribution >= 4 is 40.8 Å². The monoisotopic (exact) mass is 423 g/mol. The fourth-order valence-corrected chi connectivity index (χ4v) is 5.67. The largest absolute Gasteiger partial charge is 0.337 e. The zero-order valence-electron chi connectivity index (χ0n) is 16.9. The molecular weight excluding hydrogens is 394 g/mol. The molecule has 2 rings (SSSR count). The van der Waals surface area contributed by atoms with Gasteiger partial charge in [-0.15, -0.1) is 10.2 Å². The normalized spacial score (nSPS) is 11.6. The number of amides is 1. The molecule has 2 aromatic rings. The number of hydrogen-bond donors (Lipinski definition) is 0. The third-order valence-corrected chi connectivity index (χ3v) is 7.36. The number of benzene rings is 1. The van der Waals surface area contributed by atoms with Crippen LogP contribution in [0.5, 0.6) is 0 Å². The Hall–Kier alpha value is -1.05. The van der Waals surface area contributed by atoms with Crippen LogP contribution in [-0.2, 0) is 10.5 Å². The van der Waals surface area contributed by atoms with Crippen LogP contribution in [0.25, 0.3) is 0 Å². The van der Waals surface area contributed by atoms with Crippen molar-refractivity contribution < 1.29 is 4.79 Å². The van der Waals surface area contributed by atoms with Crippen molar-refractivity contribution in [3.63, 3.8) is 0 Å². The summed E-state index contributed by atoms with van der Waals surface area (Å²) in [6, 6.07) is 9.18.